The molecule has 0 fully saturated rings. The van der Waals surface area contributed by atoms with Crippen molar-refractivity contribution in [3.05, 3.63) is 66.6 Å². The van der Waals surface area contributed by atoms with Gasteiger partial charge in [0.25, 0.3) is 0 Å². The van der Waals surface area contributed by atoms with Crippen LogP contribution < -0.4 is 11.5 Å². The fourth-order valence-electron chi connectivity index (χ4n) is 2.29. The van der Waals surface area contributed by atoms with Crippen LogP contribution in [-0.2, 0) is 0 Å². The van der Waals surface area contributed by atoms with Crippen LogP contribution in [0.4, 0.5) is 5.69 Å². The van der Waals surface area contributed by atoms with E-state index in [-0.39, 0.29) is 0 Å². The average molecular weight is 462 g/mol. The van der Waals surface area contributed by atoms with Gasteiger partial charge in [-0.2, -0.15) is 0 Å². The number of nitrogens with one attached hydrogen (secondary N) is 1. The molecule has 3 aromatic rings. The Morgan fingerprint density at radius 2 is 2.00 bits per heavy atom. The molecule has 1 unspecified atom stereocenters. The molecule has 0 radical (unpaired) electrons. The molecule has 0 aliphatic rings. The summed E-state index contributed by atoms with van der Waals surface area (Å²) < 4.78 is 4.44. The summed E-state index contributed by atoms with van der Waals surface area (Å²) >= 11 is 2.21. The smallest absolute Gasteiger partial charge is 0.156 e. The number of pyridine rings is 1. The van der Waals surface area contributed by atoms with E-state index in [1.165, 1.54) is 6.20 Å². The number of aromatic nitrogens is 3. The third kappa shape index (κ3) is 4.24. The lowest BCUT2D eigenvalue weighted by molar-refractivity contribution is 1.21. The van der Waals surface area contributed by atoms with Crippen LogP contribution in [0.15, 0.2) is 65.7 Å². The van der Waals surface area contributed by atoms with Crippen molar-refractivity contribution < 1.29 is 0 Å². The molecule has 0 saturated heterocycles. The van der Waals surface area contributed by atoms with E-state index in [1.54, 1.807) is 12.3 Å². The third-order valence-electron chi connectivity index (χ3n) is 3.47. The molecular weight excluding hydrogens is 446 g/mol. The van der Waals surface area contributed by atoms with Crippen LogP contribution in [0.25, 0.3) is 22.8 Å². The van der Waals surface area contributed by atoms with Crippen molar-refractivity contribution in [2.75, 3.05) is 5.73 Å². The monoisotopic (exact) mass is 462 g/mol. The number of hydrogen-bond donors (Lipinski definition) is 3. The van der Waals surface area contributed by atoms with Crippen molar-refractivity contribution in [2.45, 2.75) is 0 Å². The van der Waals surface area contributed by atoms with Gasteiger partial charge in [-0.3, -0.25) is 4.76 Å². The summed E-state index contributed by atoms with van der Waals surface area (Å²) in [5.74, 6) is 0.696. The van der Waals surface area contributed by atoms with Gasteiger partial charge in [-0.15, -0.1) is 0 Å². The number of H-pyrrole nitrogens is 1. The first-order valence-corrected chi connectivity index (χ1v) is 11.5. The Hall–Kier alpha value is -2.25. The third-order valence-corrected chi connectivity index (χ3v) is 4.52. The number of rotatable bonds is 5. The minimum Gasteiger partial charge on any atom is -0.405 e. The minimum absolute atomic E-state index is 0.398. The number of nitrogens with zero attached hydrogens (tertiary/aromatic N) is 3. The number of imidazole rings is 1. The van der Waals surface area contributed by atoms with Gasteiger partial charge in [0.15, 0.2) is 5.82 Å². The highest BCUT2D eigenvalue weighted by Gasteiger charge is 2.09. The molecule has 0 aliphatic heterocycles. The summed E-state index contributed by atoms with van der Waals surface area (Å²) in [4.78, 5) is 12.4. The van der Waals surface area contributed by atoms with Crippen LogP contribution in [0.3, 0.4) is 0 Å². The minimum atomic E-state index is 0.398. The van der Waals surface area contributed by atoms with Crippen LogP contribution in [0.2, 0.25) is 0 Å². The van der Waals surface area contributed by atoms with Crippen molar-refractivity contribution in [2.24, 2.45) is 10.5 Å². The standard InChI is InChI=1S/C17H16IN6P/c18-25-24-14(8-9-19)13-2-1-3-15(22-13)17-21-10-16(23-17)11-4-6-12(20)7-5-11/h1-10,25H,19-20H2,(H,21,23)/b9-8-,24-14-. The second kappa shape index (κ2) is 8.22. The summed E-state index contributed by atoms with van der Waals surface area (Å²) in [6.07, 6.45) is 5.40. The number of allylic oxidation sites excluding steroid dienone is 1. The molecule has 6 nitrogen and oxygen atoms in total. The van der Waals surface area contributed by atoms with E-state index in [1.807, 2.05) is 42.5 Å². The van der Waals surface area contributed by atoms with Gasteiger partial charge in [-0.1, -0.05) is 18.2 Å². The first-order chi connectivity index (χ1) is 12.2. The molecule has 2 heterocycles. The summed E-state index contributed by atoms with van der Waals surface area (Å²) in [6, 6.07) is 13.4. The zero-order chi connectivity index (χ0) is 17.6. The van der Waals surface area contributed by atoms with Crippen LogP contribution in [0.1, 0.15) is 5.69 Å². The highest BCUT2D eigenvalue weighted by molar-refractivity contribution is 14.2. The summed E-state index contributed by atoms with van der Waals surface area (Å²) in [6.45, 7) is 0. The van der Waals surface area contributed by atoms with Crippen molar-refractivity contribution >= 4 is 39.8 Å². The molecule has 5 N–H and O–H groups in total. The Morgan fingerprint density at radius 3 is 2.72 bits per heavy atom. The van der Waals surface area contributed by atoms with E-state index in [2.05, 4.69) is 41.8 Å². The van der Waals surface area contributed by atoms with Crippen molar-refractivity contribution in [3.63, 3.8) is 0 Å². The molecule has 126 valence electrons. The summed E-state index contributed by atoms with van der Waals surface area (Å²) in [5, 5.41) is 0. The highest BCUT2D eigenvalue weighted by Crippen LogP contribution is 2.25. The predicted octanol–water partition coefficient (Wildman–Crippen LogP) is 3.93. The lowest BCUT2D eigenvalue weighted by Gasteiger charge is -2.03. The fourth-order valence-corrected chi connectivity index (χ4v) is 3.35. The topological polar surface area (TPSA) is 106 Å². The summed E-state index contributed by atoms with van der Waals surface area (Å²) in [5.41, 5.74) is 16.2. The van der Waals surface area contributed by atoms with Crippen molar-refractivity contribution in [1.29, 1.82) is 0 Å². The number of nitrogen functional groups attached to an aromatic ring is 1. The van der Waals surface area contributed by atoms with E-state index in [0.29, 0.717) is 12.2 Å². The maximum atomic E-state index is 5.73. The summed E-state index contributed by atoms with van der Waals surface area (Å²) in [7, 11) is 0. The number of aromatic amines is 1. The second-order valence-corrected chi connectivity index (χ2v) is 6.96. The van der Waals surface area contributed by atoms with E-state index in [0.717, 1.165) is 34.0 Å². The van der Waals surface area contributed by atoms with Gasteiger partial charge in [0.05, 0.1) is 29.7 Å². The first-order valence-electron chi connectivity index (χ1n) is 7.41. The molecule has 25 heavy (non-hydrogen) atoms. The van der Waals surface area contributed by atoms with Crippen LogP contribution in [-0.4, -0.2) is 20.7 Å². The van der Waals surface area contributed by atoms with E-state index < -0.39 is 0 Å². The first kappa shape index (κ1) is 17.6. The predicted molar refractivity (Wildman–Crippen MR) is 114 cm³/mol. The Labute approximate surface area is 160 Å². The quantitative estimate of drug-likeness (QED) is 0.231. The fraction of sp³-hybridized carbons (Fsp3) is 0. The van der Waals surface area contributed by atoms with Gasteiger partial charge in [0, 0.05) is 5.69 Å². The Balaban J connectivity index is 1.94. The maximum Gasteiger partial charge on any atom is 0.156 e. The second-order valence-electron chi connectivity index (χ2n) is 5.12. The van der Waals surface area contributed by atoms with Crippen LogP contribution in [0.5, 0.6) is 0 Å². The largest absolute Gasteiger partial charge is 0.405 e. The molecule has 8 heteroatoms. The van der Waals surface area contributed by atoms with Gasteiger partial charge in [0.1, 0.15) is 5.69 Å². The Morgan fingerprint density at radius 1 is 1.20 bits per heavy atom. The van der Waals surface area contributed by atoms with Gasteiger partial charge < -0.3 is 16.5 Å². The Bertz CT molecular complexity index is 917. The number of benzene rings is 1. The SMILES string of the molecule is N/C=C\C(=N\PI)c1cccc(-c2ncc(-c3ccc(N)cc3)[nH]2)n1. The number of anilines is 1. The van der Waals surface area contributed by atoms with Crippen molar-refractivity contribution in [3.8, 4) is 22.8 Å². The average Bonchev–Trinajstić information content (AvgIpc) is 3.12. The molecule has 0 spiro atoms. The van der Waals surface area contributed by atoms with Crippen molar-refractivity contribution in [1.82, 2.24) is 15.0 Å². The normalized spacial score (nSPS) is 12.4. The zero-order valence-electron chi connectivity index (χ0n) is 13.1. The van der Waals surface area contributed by atoms with E-state index in [4.69, 9.17) is 11.5 Å². The molecule has 0 bridgehead atoms. The van der Waals surface area contributed by atoms with E-state index >= 15 is 0 Å². The van der Waals surface area contributed by atoms with Gasteiger partial charge in [0.2, 0.25) is 0 Å². The zero-order valence-corrected chi connectivity index (χ0v) is 16.3. The molecule has 0 amide bonds. The number of nitrogens with two attached hydrogens (primary N) is 2. The number of halogens is 1. The van der Waals surface area contributed by atoms with Gasteiger partial charge in [-0.05, 0) is 64.1 Å². The lowest BCUT2D eigenvalue weighted by Crippen LogP contribution is -2.01. The molecule has 3 rings (SSSR count). The van der Waals surface area contributed by atoms with Crippen LogP contribution in [0, 0.1) is 0 Å². The van der Waals surface area contributed by atoms with Crippen LogP contribution >= 0.6 is 28.4 Å². The van der Waals surface area contributed by atoms with E-state index in [9.17, 15) is 0 Å². The van der Waals surface area contributed by atoms with Gasteiger partial charge >= 0.3 is 0 Å². The molecule has 0 aliphatic carbocycles. The highest BCUT2D eigenvalue weighted by atomic mass is 127. The molecule has 2 aromatic heterocycles. The Kier molecular flexibility index (Phi) is 5.78. The molecule has 1 atom stereocenters. The van der Waals surface area contributed by atoms with Gasteiger partial charge in [-0.25, -0.2) is 9.97 Å². The maximum absolute atomic E-state index is 5.73. The lowest BCUT2D eigenvalue weighted by atomic mass is 10.1. The molecular formula is C17H16IN6P. The molecule has 1 aromatic carbocycles. The number of hydrogen-bond acceptors (Lipinski definition) is 5. The molecule has 0 saturated carbocycles.